The van der Waals surface area contributed by atoms with E-state index < -0.39 is 0 Å². The first-order valence-corrected chi connectivity index (χ1v) is 9.81. The summed E-state index contributed by atoms with van der Waals surface area (Å²) in [7, 11) is 1.72. The molecule has 1 saturated heterocycles. The van der Waals surface area contributed by atoms with Crippen molar-refractivity contribution in [1.82, 2.24) is 16.0 Å². The van der Waals surface area contributed by atoms with Crippen LogP contribution in [0.3, 0.4) is 0 Å². The molecule has 0 bridgehead atoms. The zero-order valence-corrected chi connectivity index (χ0v) is 17.1. The molecule has 0 radical (unpaired) electrons. The SMILES string of the molecule is COCC1(CNC(=O)CC(C)NC(=O)C2CCCCC2)CCNCC1.Cl. The largest absolute Gasteiger partial charge is 0.384 e. The molecule has 0 spiro atoms. The Morgan fingerprint density at radius 3 is 2.46 bits per heavy atom. The molecule has 6 nitrogen and oxygen atoms in total. The Bertz CT molecular complexity index is 430. The Kier molecular flexibility index (Phi) is 10.5. The normalized spacial score (nSPS) is 21.3. The highest BCUT2D eigenvalue weighted by Crippen LogP contribution is 2.28. The highest BCUT2D eigenvalue weighted by atomic mass is 35.5. The lowest BCUT2D eigenvalue weighted by atomic mass is 9.79. The third kappa shape index (κ3) is 7.41. The molecule has 26 heavy (non-hydrogen) atoms. The average Bonchev–Trinajstić information content (AvgIpc) is 2.62. The summed E-state index contributed by atoms with van der Waals surface area (Å²) in [5, 5.41) is 9.44. The van der Waals surface area contributed by atoms with Gasteiger partial charge in [0.1, 0.15) is 0 Å². The number of amides is 2. The molecule has 152 valence electrons. The highest BCUT2D eigenvalue weighted by molar-refractivity contribution is 5.85. The first kappa shape index (κ1) is 23.2. The Morgan fingerprint density at radius 1 is 1.19 bits per heavy atom. The van der Waals surface area contributed by atoms with E-state index in [1.165, 1.54) is 6.42 Å². The van der Waals surface area contributed by atoms with Gasteiger partial charge >= 0.3 is 0 Å². The number of rotatable bonds is 8. The van der Waals surface area contributed by atoms with Gasteiger partial charge in [-0.3, -0.25) is 9.59 Å². The number of hydrogen-bond acceptors (Lipinski definition) is 4. The summed E-state index contributed by atoms with van der Waals surface area (Å²) in [6.07, 6.45) is 7.84. The van der Waals surface area contributed by atoms with Crippen molar-refractivity contribution in [2.45, 2.75) is 64.3 Å². The van der Waals surface area contributed by atoms with Gasteiger partial charge in [-0.25, -0.2) is 0 Å². The van der Waals surface area contributed by atoms with Crippen molar-refractivity contribution < 1.29 is 14.3 Å². The van der Waals surface area contributed by atoms with Crippen molar-refractivity contribution in [2.24, 2.45) is 11.3 Å². The van der Waals surface area contributed by atoms with E-state index in [4.69, 9.17) is 4.74 Å². The molecule has 1 heterocycles. The van der Waals surface area contributed by atoms with Gasteiger partial charge < -0.3 is 20.7 Å². The zero-order chi connectivity index (χ0) is 18.1. The van der Waals surface area contributed by atoms with Crippen LogP contribution in [0.1, 0.15) is 58.3 Å². The molecule has 3 N–H and O–H groups in total. The molecule has 1 aliphatic heterocycles. The molecular weight excluding hydrogens is 354 g/mol. The quantitative estimate of drug-likeness (QED) is 0.593. The van der Waals surface area contributed by atoms with Crippen molar-refractivity contribution in [3.63, 3.8) is 0 Å². The van der Waals surface area contributed by atoms with Gasteiger partial charge in [0.2, 0.25) is 11.8 Å². The van der Waals surface area contributed by atoms with Gasteiger partial charge in [-0.1, -0.05) is 19.3 Å². The molecule has 2 amide bonds. The molecule has 0 aromatic rings. The Labute approximate surface area is 164 Å². The van der Waals surface area contributed by atoms with Crippen LogP contribution in [0.2, 0.25) is 0 Å². The van der Waals surface area contributed by atoms with Gasteiger partial charge in [-0.15, -0.1) is 12.4 Å². The fourth-order valence-corrected chi connectivity index (χ4v) is 4.05. The van der Waals surface area contributed by atoms with E-state index >= 15 is 0 Å². The molecule has 2 fully saturated rings. The number of carbonyl (C=O) groups excluding carboxylic acids is 2. The minimum atomic E-state index is -0.124. The third-order valence-electron chi connectivity index (χ3n) is 5.63. The minimum absolute atomic E-state index is 0. The number of halogens is 1. The first-order valence-electron chi connectivity index (χ1n) is 9.81. The van der Waals surface area contributed by atoms with E-state index in [0.717, 1.165) is 51.6 Å². The standard InChI is InChI=1S/C19H35N3O3.ClH/c1-15(22-18(24)16-6-4-3-5-7-16)12-17(23)21-13-19(14-25-2)8-10-20-11-9-19;/h15-16,20H,3-14H2,1-2H3,(H,21,23)(H,22,24);1H. The zero-order valence-electron chi connectivity index (χ0n) is 16.3. The van der Waals surface area contributed by atoms with Crippen LogP contribution in [0.15, 0.2) is 0 Å². The van der Waals surface area contributed by atoms with Gasteiger partial charge in [0.25, 0.3) is 0 Å². The molecule has 1 saturated carbocycles. The Balaban J connectivity index is 0.00000338. The van der Waals surface area contributed by atoms with Gasteiger partial charge in [-0.05, 0) is 45.7 Å². The number of ether oxygens (including phenoxy) is 1. The van der Waals surface area contributed by atoms with Crippen molar-refractivity contribution in [3.05, 3.63) is 0 Å². The van der Waals surface area contributed by atoms with E-state index in [1.54, 1.807) is 7.11 Å². The van der Waals surface area contributed by atoms with Gasteiger partial charge in [0, 0.05) is 37.5 Å². The van der Waals surface area contributed by atoms with E-state index in [-0.39, 0.29) is 41.6 Å². The molecule has 0 aromatic carbocycles. The summed E-state index contributed by atoms with van der Waals surface area (Å²) >= 11 is 0. The van der Waals surface area contributed by atoms with E-state index in [0.29, 0.717) is 19.6 Å². The maximum Gasteiger partial charge on any atom is 0.223 e. The summed E-state index contributed by atoms with van der Waals surface area (Å²) < 4.78 is 5.38. The molecule has 1 unspecified atom stereocenters. The number of hydrogen-bond donors (Lipinski definition) is 3. The summed E-state index contributed by atoms with van der Waals surface area (Å²) in [6.45, 7) is 5.16. The Hall–Kier alpha value is -0.850. The van der Waals surface area contributed by atoms with Crippen molar-refractivity contribution in [2.75, 3.05) is 33.4 Å². The second-order valence-electron chi connectivity index (χ2n) is 7.91. The maximum absolute atomic E-state index is 12.3. The average molecular weight is 390 g/mol. The Morgan fingerprint density at radius 2 is 1.85 bits per heavy atom. The van der Waals surface area contributed by atoms with Crippen LogP contribution in [-0.2, 0) is 14.3 Å². The summed E-state index contributed by atoms with van der Waals surface area (Å²) in [5.74, 6) is 0.263. The molecule has 7 heteroatoms. The maximum atomic E-state index is 12.3. The molecule has 2 rings (SSSR count). The van der Waals surface area contributed by atoms with Crippen LogP contribution in [0.4, 0.5) is 0 Å². The van der Waals surface area contributed by atoms with E-state index in [1.807, 2.05) is 6.92 Å². The molecule has 1 atom stereocenters. The predicted octanol–water partition coefficient (Wildman–Crippen LogP) is 2.02. The van der Waals surface area contributed by atoms with Gasteiger partial charge in [0.15, 0.2) is 0 Å². The van der Waals surface area contributed by atoms with Crippen LogP contribution in [0.5, 0.6) is 0 Å². The number of piperidine rings is 1. The van der Waals surface area contributed by atoms with E-state index in [9.17, 15) is 9.59 Å². The van der Waals surface area contributed by atoms with Crippen LogP contribution in [0, 0.1) is 11.3 Å². The van der Waals surface area contributed by atoms with E-state index in [2.05, 4.69) is 16.0 Å². The molecule has 2 aliphatic rings. The number of nitrogens with one attached hydrogen (secondary N) is 3. The monoisotopic (exact) mass is 389 g/mol. The van der Waals surface area contributed by atoms with Gasteiger partial charge in [-0.2, -0.15) is 0 Å². The van der Waals surface area contributed by atoms with Crippen molar-refractivity contribution >= 4 is 24.2 Å². The molecule has 0 aromatic heterocycles. The van der Waals surface area contributed by atoms with Gasteiger partial charge in [0.05, 0.1) is 6.61 Å². The lowest BCUT2D eigenvalue weighted by Crippen LogP contribution is -2.48. The lowest BCUT2D eigenvalue weighted by molar-refractivity contribution is -0.127. The van der Waals surface area contributed by atoms with Crippen LogP contribution < -0.4 is 16.0 Å². The first-order chi connectivity index (χ1) is 12.0. The van der Waals surface area contributed by atoms with Crippen LogP contribution in [0.25, 0.3) is 0 Å². The van der Waals surface area contributed by atoms with Crippen molar-refractivity contribution in [3.8, 4) is 0 Å². The third-order valence-corrected chi connectivity index (χ3v) is 5.63. The molecule has 1 aliphatic carbocycles. The second kappa shape index (κ2) is 11.8. The predicted molar refractivity (Wildman–Crippen MR) is 105 cm³/mol. The summed E-state index contributed by atoms with van der Waals surface area (Å²) in [4.78, 5) is 24.5. The summed E-state index contributed by atoms with van der Waals surface area (Å²) in [5.41, 5.74) is 0.0320. The van der Waals surface area contributed by atoms with Crippen molar-refractivity contribution in [1.29, 1.82) is 0 Å². The second-order valence-corrected chi connectivity index (χ2v) is 7.91. The topological polar surface area (TPSA) is 79.5 Å². The fraction of sp³-hybridized carbons (Fsp3) is 0.895. The number of methoxy groups -OCH3 is 1. The molecular formula is C19H36ClN3O3. The van der Waals surface area contributed by atoms with Crippen LogP contribution >= 0.6 is 12.4 Å². The fourth-order valence-electron chi connectivity index (χ4n) is 4.05. The number of carbonyl (C=O) groups is 2. The minimum Gasteiger partial charge on any atom is -0.384 e. The van der Waals surface area contributed by atoms with Crippen LogP contribution in [-0.4, -0.2) is 51.2 Å². The summed E-state index contributed by atoms with van der Waals surface area (Å²) in [6, 6.07) is -0.124. The lowest BCUT2D eigenvalue weighted by Gasteiger charge is -2.37. The smallest absolute Gasteiger partial charge is 0.223 e. The highest BCUT2D eigenvalue weighted by Gasteiger charge is 2.32.